The molecule has 1 aliphatic rings. The molecule has 0 radical (unpaired) electrons. The number of benzene rings is 3. The van der Waals surface area contributed by atoms with E-state index in [1.54, 1.807) is 18.9 Å². The van der Waals surface area contributed by atoms with E-state index in [2.05, 4.69) is 34.6 Å². The number of methoxy groups -OCH3 is 2. The van der Waals surface area contributed by atoms with E-state index in [4.69, 9.17) is 14.2 Å². The number of alkyl halides is 2. The zero-order valence-corrected chi connectivity index (χ0v) is 21.6. The molecular weight excluding hydrogens is 488 g/mol. The minimum Gasteiger partial charge on any atom is -0.497 e. The summed E-state index contributed by atoms with van der Waals surface area (Å²) >= 11 is 0. The summed E-state index contributed by atoms with van der Waals surface area (Å²) in [6.45, 7) is 0.764. The average Bonchev–Trinajstić information content (AvgIpc) is 3.30. The van der Waals surface area contributed by atoms with Crippen molar-refractivity contribution >= 4 is 0 Å². The minimum atomic E-state index is -2.51. The van der Waals surface area contributed by atoms with Gasteiger partial charge in [-0.15, -0.1) is 5.10 Å². The highest BCUT2D eigenvalue weighted by atomic mass is 19.3. The van der Waals surface area contributed by atoms with E-state index < -0.39 is 5.92 Å². The first-order valence-corrected chi connectivity index (χ1v) is 12.7. The molecule has 0 aliphatic heterocycles. The molecule has 0 atom stereocenters. The fraction of sp³-hybridized carbons (Fsp3) is 0.333. The molecule has 0 amide bonds. The van der Waals surface area contributed by atoms with Gasteiger partial charge >= 0.3 is 0 Å². The van der Waals surface area contributed by atoms with E-state index >= 15 is 0 Å². The molecule has 38 heavy (non-hydrogen) atoms. The van der Waals surface area contributed by atoms with Gasteiger partial charge in [0.2, 0.25) is 11.8 Å². The topological polar surface area (TPSA) is 58.4 Å². The zero-order valence-electron chi connectivity index (χ0n) is 21.6. The van der Waals surface area contributed by atoms with Crippen LogP contribution in [0.2, 0.25) is 0 Å². The van der Waals surface area contributed by atoms with Crippen molar-refractivity contribution in [2.45, 2.75) is 50.7 Å². The van der Waals surface area contributed by atoms with Gasteiger partial charge in [0.05, 0.1) is 20.3 Å². The largest absolute Gasteiger partial charge is 0.497 e. The highest BCUT2D eigenvalue weighted by Gasteiger charge is 2.35. The van der Waals surface area contributed by atoms with Crippen LogP contribution in [-0.2, 0) is 17.9 Å². The van der Waals surface area contributed by atoms with Crippen LogP contribution < -0.4 is 9.47 Å². The van der Waals surface area contributed by atoms with Crippen molar-refractivity contribution in [1.29, 1.82) is 0 Å². The number of hydrogen-bond donors (Lipinski definition) is 0. The molecule has 3 aromatic carbocycles. The second-order valence-corrected chi connectivity index (χ2v) is 9.66. The fourth-order valence-corrected chi connectivity index (χ4v) is 4.83. The van der Waals surface area contributed by atoms with Crippen molar-refractivity contribution < 1.29 is 23.0 Å². The Labute approximate surface area is 221 Å². The van der Waals surface area contributed by atoms with Crippen LogP contribution in [0.3, 0.4) is 0 Å². The second-order valence-electron chi connectivity index (χ2n) is 9.66. The summed E-state index contributed by atoms with van der Waals surface area (Å²) in [6, 6.07) is 23.8. The third-order valence-electron chi connectivity index (χ3n) is 7.03. The van der Waals surface area contributed by atoms with Crippen LogP contribution >= 0.6 is 0 Å². The van der Waals surface area contributed by atoms with Crippen molar-refractivity contribution in [2.24, 2.45) is 0 Å². The van der Waals surface area contributed by atoms with Crippen molar-refractivity contribution in [3.63, 3.8) is 0 Å². The molecule has 0 N–H and O–H groups in total. The standard InChI is InChI=1S/C30H31F2N3O3/c1-36-20-28-29(35(34-33-28)19-21-3-11-26(37-2)12-4-21)38-27-13-9-24(10-14-27)22-5-7-23(8-6-22)25-15-17-30(31,32)18-16-25/h3-14,25H,15-20H2,1-2H3. The van der Waals surface area contributed by atoms with E-state index in [-0.39, 0.29) is 25.4 Å². The third-order valence-corrected chi connectivity index (χ3v) is 7.03. The molecule has 0 bridgehead atoms. The average molecular weight is 520 g/mol. The van der Waals surface area contributed by atoms with Crippen molar-refractivity contribution in [2.75, 3.05) is 14.2 Å². The lowest BCUT2D eigenvalue weighted by molar-refractivity contribution is -0.0382. The first kappa shape index (κ1) is 25.9. The fourth-order valence-electron chi connectivity index (χ4n) is 4.83. The van der Waals surface area contributed by atoms with Crippen LogP contribution in [0.25, 0.3) is 11.1 Å². The highest BCUT2D eigenvalue weighted by Crippen LogP contribution is 2.41. The lowest BCUT2D eigenvalue weighted by Crippen LogP contribution is -2.23. The molecule has 4 aromatic rings. The minimum absolute atomic E-state index is 0.0263. The van der Waals surface area contributed by atoms with Gasteiger partial charge in [-0.1, -0.05) is 53.7 Å². The number of hydrogen-bond acceptors (Lipinski definition) is 5. The van der Waals surface area contributed by atoms with Gasteiger partial charge in [0.25, 0.3) is 0 Å². The summed E-state index contributed by atoms with van der Waals surface area (Å²) in [6.07, 6.45) is 1.02. The number of nitrogens with zero attached hydrogens (tertiary/aromatic N) is 3. The SMILES string of the molecule is COCc1nnn(Cc2ccc(OC)cc2)c1Oc1ccc(-c2ccc(C3CCC(F)(F)CC3)cc2)cc1. The smallest absolute Gasteiger partial charge is 0.248 e. The van der Waals surface area contributed by atoms with E-state index in [1.165, 1.54) is 0 Å². The Kier molecular flexibility index (Phi) is 7.69. The second kappa shape index (κ2) is 11.3. The normalized spacial score (nSPS) is 15.4. The predicted octanol–water partition coefficient (Wildman–Crippen LogP) is 7.23. The van der Waals surface area contributed by atoms with E-state index in [0.29, 0.717) is 36.7 Å². The Morgan fingerprint density at radius 1 is 0.842 bits per heavy atom. The maximum absolute atomic E-state index is 13.5. The molecule has 0 saturated heterocycles. The summed E-state index contributed by atoms with van der Waals surface area (Å²) in [4.78, 5) is 0. The first-order valence-electron chi connectivity index (χ1n) is 12.7. The summed E-state index contributed by atoms with van der Waals surface area (Å²) < 4.78 is 45.5. The van der Waals surface area contributed by atoms with Crippen LogP contribution in [0, 0.1) is 0 Å². The molecule has 198 valence electrons. The molecule has 1 aliphatic carbocycles. The highest BCUT2D eigenvalue weighted by molar-refractivity contribution is 5.64. The van der Waals surface area contributed by atoms with Gasteiger partial charge in [0, 0.05) is 20.0 Å². The van der Waals surface area contributed by atoms with Gasteiger partial charge in [-0.05, 0) is 65.3 Å². The monoisotopic (exact) mass is 519 g/mol. The Morgan fingerprint density at radius 2 is 1.45 bits per heavy atom. The summed E-state index contributed by atoms with van der Waals surface area (Å²) in [5.41, 5.74) is 4.88. The van der Waals surface area contributed by atoms with Crippen LogP contribution in [0.5, 0.6) is 17.4 Å². The summed E-state index contributed by atoms with van der Waals surface area (Å²) in [5, 5.41) is 8.53. The van der Waals surface area contributed by atoms with Gasteiger partial charge in [-0.25, -0.2) is 13.5 Å². The Morgan fingerprint density at radius 3 is 2.05 bits per heavy atom. The lowest BCUT2D eigenvalue weighted by atomic mass is 9.82. The predicted molar refractivity (Wildman–Crippen MR) is 141 cm³/mol. The summed E-state index contributed by atoms with van der Waals surface area (Å²) in [7, 11) is 3.24. The van der Waals surface area contributed by atoms with E-state index in [1.807, 2.05) is 48.5 Å². The van der Waals surface area contributed by atoms with Crippen molar-refractivity contribution in [3.05, 3.63) is 89.6 Å². The third kappa shape index (κ3) is 6.02. The molecule has 0 spiro atoms. The number of rotatable bonds is 9. The Balaban J connectivity index is 1.28. The number of ether oxygens (including phenoxy) is 3. The molecule has 1 aromatic heterocycles. The van der Waals surface area contributed by atoms with E-state index in [9.17, 15) is 8.78 Å². The van der Waals surface area contributed by atoms with Gasteiger partial charge in [-0.2, -0.15) is 0 Å². The molecule has 1 fully saturated rings. The van der Waals surface area contributed by atoms with Crippen LogP contribution in [0.4, 0.5) is 8.78 Å². The summed E-state index contributed by atoms with van der Waals surface area (Å²) in [5.74, 6) is -0.329. The van der Waals surface area contributed by atoms with E-state index in [0.717, 1.165) is 28.0 Å². The zero-order chi connectivity index (χ0) is 26.5. The van der Waals surface area contributed by atoms with Gasteiger partial charge in [-0.3, -0.25) is 0 Å². The van der Waals surface area contributed by atoms with Crippen LogP contribution in [0.1, 0.15) is 48.4 Å². The van der Waals surface area contributed by atoms with Crippen molar-refractivity contribution in [1.82, 2.24) is 15.0 Å². The first-order chi connectivity index (χ1) is 18.4. The molecule has 1 saturated carbocycles. The van der Waals surface area contributed by atoms with Crippen LogP contribution in [0.15, 0.2) is 72.8 Å². The van der Waals surface area contributed by atoms with Crippen molar-refractivity contribution in [3.8, 4) is 28.5 Å². The molecule has 6 nitrogen and oxygen atoms in total. The number of halogens is 2. The molecule has 1 heterocycles. The Hall–Kier alpha value is -3.78. The number of aromatic nitrogens is 3. The lowest BCUT2D eigenvalue weighted by Gasteiger charge is -2.28. The molecule has 8 heteroatoms. The maximum atomic E-state index is 13.5. The van der Waals surface area contributed by atoms with Gasteiger partial charge in [0.15, 0.2) is 5.69 Å². The Bertz CT molecular complexity index is 1330. The molecule has 0 unspecified atom stereocenters. The maximum Gasteiger partial charge on any atom is 0.248 e. The molecular formula is C30H31F2N3O3. The van der Waals surface area contributed by atoms with Gasteiger partial charge in [0.1, 0.15) is 11.5 Å². The molecule has 5 rings (SSSR count). The van der Waals surface area contributed by atoms with Crippen LogP contribution in [-0.4, -0.2) is 35.1 Å². The van der Waals surface area contributed by atoms with Gasteiger partial charge < -0.3 is 14.2 Å². The quantitative estimate of drug-likeness (QED) is 0.233.